The van der Waals surface area contributed by atoms with Crippen molar-refractivity contribution in [3.05, 3.63) is 15.6 Å². The predicted octanol–water partition coefficient (Wildman–Crippen LogP) is 2.24. The first-order chi connectivity index (χ1) is 10.3. The number of nitrogens with zero attached hydrogens (tertiary/aromatic N) is 3. The lowest BCUT2D eigenvalue weighted by atomic mass is 10.0. The number of hydrogen-bond donors (Lipinski definition) is 0. The van der Waals surface area contributed by atoms with Gasteiger partial charge in [-0.3, -0.25) is 4.79 Å². The van der Waals surface area contributed by atoms with Crippen molar-refractivity contribution in [2.75, 3.05) is 26.7 Å². The molecule has 3 heterocycles. The minimum absolute atomic E-state index is 0.00405. The molecular weight excluding hydrogens is 302 g/mol. The Morgan fingerprint density at radius 2 is 2.14 bits per heavy atom. The van der Waals surface area contributed by atoms with E-state index in [1.54, 1.807) is 16.8 Å². The van der Waals surface area contributed by atoms with E-state index in [0.717, 1.165) is 10.7 Å². The summed E-state index contributed by atoms with van der Waals surface area (Å²) in [5.41, 5.74) is 0.265. The molecule has 0 unspecified atom stereocenters. The maximum atomic E-state index is 12.7. The summed E-state index contributed by atoms with van der Waals surface area (Å²) in [5, 5.41) is 0.988. The molecular formula is C15H21N3O3S. The van der Waals surface area contributed by atoms with Crippen molar-refractivity contribution in [1.29, 1.82) is 0 Å². The second kappa shape index (κ2) is 5.22. The number of thiazole rings is 1. The van der Waals surface area contributed by atoms with Gasteiger partial charge < -0.3 is 14.5 Å². The van der Waals surface area contributed by atoms with Crippen molar-refractivity contribution in [3.8, 4) is 0 Å². The van der Waals surface area contributed by atoms with Crippen molar-refractivity contribution in [1.82, 2.24) is 14.8 Å². The Labute approximate surface area is 134 Å². The summed E-state index contributed by atoms with van der Waals surface area (Å²) in [7, 11) is 1.73. The Hall–Kier alpha value is -1.63. The van der Waals surface area contributed by atoms with Gasteiger partial charge in [0.25, 0.3) is 5.91 Å². The van der Waals surface area contributed by atoms with E-state index < -0.39 is 5.60 Å². The van der Waals surface area contributed by atoms with E-state index in [1.165, 1.54) is 11.3 Å². The van der Waals surface area contributed by atoms with Gasteiger partial charge in [0, 0.05) is 25.9 Å². The summed E-state index contributed by atoms with van der Waals surface area (Å²) in [6.07, 6.45) is 0.398. The number of amides is 2. The van der Waals surface area contributed by atoms with Crippen LogP contribution in [0.4, 0.5) is 4.79 Å². The van der Waals surface area contributed by atoms with Gasteiger partial charge in [0.15, 0.2) is 5.60 Å². The molecule has 3 rings (SSSR count). The molecule has 1 spiro atoms. The molecule has 2 fully saturated rings. The average molecular weight is 323 g/mol. The number of ether oxygens (including phenoxy) is 1. The topological polar surface area (TPSA) is 62.7 Å². The zero-order valence-electron chi connectivity index (χ0n) is 13.4. The second-order valence-electron chi connectivity index (χ2n) is 6.51. The molecule has 2 amide bonds. The van der Waals surface area contributed by atoms with E-state index in [2.05, 4.69) is 18.8 Å². The number of rotatable bonds is 2. The minimum Gasteiger partial charge on any atom is -0.439 e. The Morgan fingerprint density at radius 1 is 1.41 bits per heavy atom. The fourth-order valence-electron chi connectivity index (χ4n) is 3.03. The lowest BCUT2D eigenvalue weighted by Crippen LogP contribution is -2.39. The molecule has 6 nitrogen and oxygen atoms in total. The summed E-state index contributed by atoms with van der Waals surface area (Å²) in [6, 6.07) is 0. The van der Waals surface area contributed by atoms with Gasteiger partial charge in [0.2, 0.25) is 0 Å². The number of aromatic nitrogens is 1. The van der Waals surface area contributed by atoms with Crippen LogP contribution in [0.15, 0.2) is 0 Å². The van der Waals surface area contributed by atoms with Gasteiger partial charge >= 0.3 is 6.09 Å². The summed E-state index contributed by atoms with van der Waals surface area (Å²) >= 11 is 1.47. The van der Waals surface area contributed by atoms with Crippen LogP contribution in [-0.4, -0.2) is 59.1 Å². The fourth-order valence-corrected chi connectivity index (χ4v) is 4.07. The van der Waals surface area contributed by atoms with E-state index in [-0.39, 0.29) is 12.0 Å². The van der Waals surface area contributed by atoms with Crippen molar-refractivity contribution in [2.24, 2.45) is 0 Å². The molecule has 0 saturated carbocycles. The fraction of sp³-hybridized carbons (Fsp3) is 0.667. The highest BCUT2D eigenvalue weighted by Gasteiger charge is 2.49. The third-order valence-corrected chi connectivity index (χ3v) is 5.69. The van der Waals surface area contributed by atoms with Crippen LogP contribution in [0.3, 0.4) is 0 Å². The van der Waals surface area contributed by atoms with Crippen molar-refractivity contribution < 1.29 is 14.3 Å². The summed E-state index contributed by atoms with van der Waals surface area (Å²) in [6.45, 7) is 7.67. The molecule has 1 aromatic heterocycles. The van der Waals surface area contributed by atoms with E-state index in [0.29, 0.717) is 36.9 Å². The van der Waals surface area contributed by atoms with Gasteiger partial charge in [-0.2, -0.15) is 0 Å². The first kappa shape index (κ1) is 15.3. The zero-order chi connectivity index (χ0) is 16.1. The summed E-state index contributed by atoms with van der Waals surface area (Å²) < 4.78 is 5.49. The molecule has 0 aromatic carbocycles. The molecule has 0 N–H and O–H groups in total. The number of likely N-dealkylation sites (tertiary alicyclic amines) is 1. The normalized spacial score (nSPS) is 24.7. The van der Waals surface area contributed by atoms with Crippen molar-refractivity contribution in [3.63, 3.8) is 0 Å². The van der Waals surface area contributed by atoms with E-state index in [4.69, 9.17) is 4.74 Å². The van der Waals surface area contributed by atoms with E-state index >= 15 is 0 Å². The number of likely N-dealkylation sites (N-methyl/N-ethyl adjacent to an activating group) is 1. The smallest absolute Gasteiger partial charge is 0.410 e. The van der Waals surface area contributed by atoms with Crippen LogP contribution >= 0.6 is 11.3 Å². The van der Waals surface area contributed by atoms with Crippen molar-refractivity contribution >= 4 is 23.3 Å². The van der Waals surface area contributed by atoms with Gasteiger partial charge in [-0.1, -0.05) is 13.8 Å². The van der Waals surface area contributed by atoms with Crippen LogP contribution in [0, 0.1) is 6.92 Å². The lowest BCUT2D eigenvalue weighted by molar-refractivity contribution is 0.0554. The highest BCUT2D eigenvalue weighted by Crippen LogP contribution is 2.34. The summed E-state index contributed by atoms with van der Waals surface area (Å²) in [4.78, 5) is 32.9. The van der Waals surface area contributed by atoms with Gasteiger partial charge in [-0.25, -0.2) is 9.78 Å². The van der Waals surface area contributed by atoms with Crippen LogP contribution in [0.1, 0.15) is 46.6 Å². The maximum Gasteiger partial charge on any atom is 0.410 e. The van der Waals surface area contributed by atoms with Gasteiger partial charge in [0.05, 0.1) is 23.8 Å². The van der Waals surface area contributed by atoms with Crippen LogP contribution in [-0.2, 0) is 4.74 Å². The van der Waals surface area contributed by atoms with Gasteiger partial charge in [-0.15, -0.1) is 11.3 Å². The molecule has 0 aliphatic carbocycles. The molecule has 22 heavy (non-hydrogen) atoms. The average Bonchev–Trinajstić information content (AvgIpc) is 3.09. The first-order valence-electron chi connectivity index (χ1n) is 7.52. The quantitative estimate of drug-likeness (QED) is 0.837. The SMILES string of the molecule is Cc1nc(C(C)C)sc1C(=O)N1CC[C@@]2(CN(C)C(=O)O2)C1. The number of hydrogen-bond acceptors (Lipinski definition) is 5. The molecule has 2 aliphatic rings. The minimum atomic E-state index is -0.527. The Bertz CT molecular complexity index is 628. The highest BCUT2D eigenvalue weighted by atomic mass is 32.1. The van der Waals surface area contributed by atoms with Crippen LogP contribution in [0.2, 0.25) is 0 Å². The third kappa shape index (κ3) is 2.47. The molecule has 120 valence electrons. The number of aryl methyl sites for hydroxylation is 1. The van der Waals surface area contributed by atoms with Gasteiger partial charge in [-0.05, 0) is 6.92 Å². The molecule has 2 aliphatic heterocycles. The Kier molecular flexibility index (Phi) is 3.63. The lowest BCUT2D eigenvalue weighted by Gasteiger charge is -2.21. The van der Waals surface area contributed by atoms with Crippen LogP contribution < -0.4 is 0 Å². The highest BCUT2D eigenvalue weighted by molar-refractivity contribution is 7.13. The number of carbonyl (C=O) groups excluding carboxylic acids is 2. The number of carbonyl (C=O) groups is 2. The molecule has 1 aromatic rings. The largest absolute Gasteiger partial charge is 0.439 e. The third-order valence-electron chi connectivity index (χ3n) is 4.25. The molecule has 2 saturated heterocycles. The standard InChI is InChI=1S/C15H21N3O3S/c1-9(2)12-16-10(3)11(22-12)13(19)18-6-5-15(8-18)7-17(4)14(20)21-15/h9H,5-8H2,1-4H3/t15-/m1/s1. The second-order valence-corrected chi connectivity index (χ2v) is 7.54. The van der Waals surface area contributed by atoms with E-state index in [9.17, 15) is 9.59 Å². The molecule has 1 atom stereocenters. The molecule has 0 radical (unpaired) electrons. The monoisotopic (exact) mass is 323 g/mol. The Morgan fingerprint density at radius 3 is 2.68 bits per heavy atom. The van der Waals surface area contributed by atoms with Crippen molar-refractivity contribution in [2.45, 2.75) is 38.7 Å². The maximum absolute atomic E-state index is 12.7. The van der Waals surface area contributed by atoms with E-state index in [1.807, 2.05) is 6.92 Å². The Balaban J connectivity index is 1.76. The van der Waals surface area contributed by atoms with Crippen LogP contribution in [0.25, 0.3) is 0 Å². The summed E-state index contributed by atoms with van der Waals surface area (Å²) in [5.74, 6) is 0.323. The molecule has 7 heteroatoms. The molecule has 0 bridgehead atoms. The first-order valence-corrected chi connectivity index (χ1v) is 8.34. The van der Waals surface area contributed by atoms with Crippen LogP contribution in [0.5, 0.6) is 0 Å². The van der Waals surface area contributed by atoms with Gasteiger partial charge in [0.1, 0.15) is 4.88 Å². The predicted molar refractivity (Wildman–Crippen MR) is 83.3 cm³/mol. The zero-order valence-corrected chi connectivity index (χ0v) is 14.2.